The van der Waals surface area contributed by atoms with Gasteiger partial charge >= 0.3 is 0 Å². The molecule has 0 fully saturated rings. The Kier molecular flexibility index (Phi) is 6.76. The molecule has 4 heteroatoms. The van der Waals surface area contributed by atoms with Crippen LogP contribution in [0.4, 0.5) is 17.1 Å². The summed E-state index contributed by atoms with van der Waals surface area (Å²) >= 11 is 0. The molecule has 226 valence electrons. The van der Waals surface area contributed by atoms with Crippen molar-refractivity contribution in [2.75, 3.05) is 4.90 Å². The molecule has 0 aliphatic rings. The van der Waals surface area contributed by atoms with Crippen molar-refractivity contribution < 1.29 is 4.42 Å². The lowest BCUT2D eigenvalue weighted by molar-refractivity contribution is 0.669. The zero-order chi connectivity index (χ0) is 31.9. The van der Waals surface area contributed by atoms with E-state index in [0.29, 0.717) is 0 Å². The molecule has 0 saturated carbocycles. The highest BCUT2D eigenvalue weighted by atomic mass is 16.3. The van der Waals surface area contributed by atoms with E-state index < -0.39 is 0 Å². The number of rotatable bonds is 6. The fourth-order valence-corrected chi connectivity index (χ4v) is 6.53. The van der Waals surface area contributed by atoms with E-state index in [1.807, 2.05) is 42.5 Å². The normalized spacial score (nSPS) is 11.3. The number of aromatic nitrogens is 2. The molecular formula is C44H29N3O. The van der Waals surface area contributed by atoms with E-state index in [-0.39, 0.29) is 0 Å². The number of para-hydroxylation sites is 3. The largest absolute Gasteiger partial charge is 0.456 e. The third kappa shape index (κ3) is 4.97. The van der Waals surface area contributed by atoms with E-state index in [1.54, 1.807) is 0 Å². The molecule has 0 N–H and O–H groups in total. The van der Waals surface area contributed by atoms with Crippen LogP contribution in [-0.4, -0.2) is 9.97 Å². The molecule has 9 rings (SSSR count). The summed E-state index contributed by atoms with van der Waals surface area (Å²) in [7, 11) is 0. The number of anilines is 3. The molecule has 4 nitrogen and oxygen atoms in total. The number of hydrogen-bond acceptors (Lipinski definition) is 4. The minimum absolute atomic E-state index is 0.811. The van der Waals surface area contributed by atoms with Gasteiger partial charge in [-0.2, -0.15) is 0 Å². The maximum Gasteiger partial charge on any atom is 0.136 e. The van der Waals surface area contributed by atoms with Gasteiger partial charge in [0.15, 0.2) is 0 Å². The predicted octanol–water partition coefficient (Wildman–Crippen LogP) is 12.0. The Bertz CT molecular complexity index is 2560. The lowest BCUT2D eigenvalue weighted by atomic mass is 10.0. The van der Waals surface area contributed by atoms with Gasteiger partial charge in [0.1, 0.15) is 11.2 Å². The van der Waals surface area contributed by atoms with Crippen molar-refractivity contribution in [3.8, 4) is 33.6 Å². The van der Waals surface area contributed by atoms with Crippen LogP contribution in [0.25, 0.3) is 66.6 Å². The Hall–Kier alpha value is -6.52. The summed E-state index contributed by atoms with van der Waals surface area (Å²) in [5.74, 6) is 0. The highest BCUT2D eigenvalue weighted by molar-refractivity contribution is 6.08. The molecule has 0 bridgehead atoms. The van der Waals surface area contributed by atoms with E-state index in [1.165, 1.54) is 11.1 Å². The summed E-state index contributed by atoms with van der Waals surface area (Å²) in [4.78, 5) is 12.5. The van der Waals surface area contributed by atoms with Crippen molar-refractivity contribution >= 4 is 50.0 Å². The van der Waals surface area contributed by atoms with Gasteiger partial charge < -0.3 is 9.32 Å². The number of fused-ring (bicyclic) bond motifs is 4. The number of hydrogen-bond donors (Lipinski definition) is 0. The average molecular weight is 616 g/mol. The molecule has 0 atom stereocenters. The summed E-state index contributed by atoms with van der Waals surface area (Å²) < 4.78 is 6.50. The summed E-state index contributed by atoms with van der Waals surface area (Å²) in [6.45, 7) is 0. The van der Waals surface area contributed by atoms with Crippen LogP contribution in [0.5, 0.6) is 0 Å². The van der Waals surface area contributed by atoms with Crippen LogP contribution in [0.3, 0.4) is 0 Å². The Balaban J connectivity index is 1.18. The maximum absolute atomic E-state index is 6.50. The topological polar surface area (TPSA) is 42.2 Å². The Morgan fingerprint density at radius 1 is 0.354 bits per heavy atom. The van der Waals surface area contributed by atoms with Crippen LogP contribution in [0.1, 0.15) is 0 Å². The van der Waals surface area contributed by atoms with E-state index >= 15 is 0 Å². The zero-order valence-electron chi connectivity index (χ0n) is 26.0. The highest BCUT2D eigenvalue weighted by Gasteiger charge is 2.18. The molecule has 0 spiro atoms. The van der Waals surface area contributed by atoms with Crippen molar-refractivity contribution in [1.29, 1.82) is 0 Å². The smallest absolute Gasteiger partial charge is 0.136 e. The molecule has 9 aromatic rings. The van der Waals surface area contributed by atoms with Crippen molar-refractivity contribution in [1.82, 2.24) is 9.97 Å². The van der Waals surface area contributed by atoms with Crippen LogP contribution in [0.15, 0.2) is 180 Å². The van der Waals surface area contributed by atoms with Crippen molar-refractivity contribution in [2.45, 2.75) is 0 Å². The van der Waals surface area contributed by atoms with Gasteiger partial charge in [-0.3, -0.25) is 0 Å². The lowest BCUT2D eigenvalue weighted by Gasteiger charge is -2.26. The molecule has 0 saturated heterocycles. The van der Waals surface area contributed by atoms with Crippen molar-refractivity contribution in [3.05, 3.63) is 176 Å². The Labute approximate surface area is 278 Å². The van der Waals surface area contributed by atoms with E-state index in [2.05, 4.69) is 138 Å². The second kappa shape index (κ2) is 11.7. The summed E-state index contributed by atoms with van der Waals surface area (Å²) in [6.07, 6.45) is 0. The predicted molar refractivity (Wildman–Crippen MR) is 198 cm³/mol. The van der Waals surface area contributed by atoms with E-state index in [0.717, 1.165) is 72.5 Å². The summed E-state index contributed by atoms with van der Waals surface area (Å²) in [5.41, 5.74) is 12.6. The molecule has 0 aliphatic heterocycles. The maximum atomic E-state index is 6.50. The van der Waals surface area contributed by atoms with Gasteiger partial charge in [0.05, 0.1) is 22.4 Å². The third-order valence-corrected chi connectivity index (χ3v) is 8.83. The first-order valence-electron chi connectivity index (χ1n) is 16.1. The van der Waals surface area contributed by atoms with Gasteiger partial charge in [-0.15, -0.1) is 0 Å². The molecule has 0 radical (unpaired) electrons. The number of furan rings is 1. The standard InChI is InChI=1S/C44H29N3O/c1-4-13-30(14-5-1)32-17-12-20-35(27-32)47(34-18-8-3-9-19-34)36-24-26-41-38(29-36)37-25-23-33(28-42(37)48-41)44-43(31-15-6-2-7-16-31)45-39-21-10-11-22-40(39)46-44/h1-29H. The zero-order valence-corrected chi connectivity index (χ0v) is 26.0. The van der Waals surface area contributed by atoms with Gasteiger partial charge in [0.25, 0.3) is 0 Å². The average Bonchev–Trinajstić information content (AvgIpc) is 3.53. The molecular weight excluding hydrogens is 587 g/mol. The van der Waals surface area contributed by atoms with Crippen LogP contribution >= 0.6 is 0 Å². The third-order valence-electron chi connectivity index (χ3n) is 8.83. The fourth-order valence-electron chi connectivity index (χ4n) is 6.53. The minimum Gasteiger partial charge on any atom is -0.456 e. The molecule has 0 unspecified atom stereocenters. The first-order valence-corrected chi connectivity index (χ1v) is 16.1. The molecule has 0 aliphatic carbocycles. The molecule has 7 aromatic carbocycles. The van der Waals surface area contributed by atoms with Gasteiger partial charge in [0.2, 0.25) is 0 Å². The fraction of sp³-hybridized carbons (Fsp3) is 0. The second-order valence-corrected chi connectivity index (χ2v) is 11.9. The second-order valence-electron chi connectivity index (χ2n) is 11.9. The van der Waals surface area contributed by atoms with Crippen LogP contribution < -0.4 is 4.90 Å². The van der Waals surface area contributed by atoms with Gasteiger partial charge in [-0.05, 0) is 77.9 Å². The minimum atomic E-state index is 0.811. The number of nitrogens with zero attached hydrogens (tertiary/aromatic N) is 3. The van der Waals surface area contributed by atoms with Crippen molar-refractivity contribution in [3.63, 3.8) is 0 Å². The molecule has 0 amide bonds. The highest BCUT2D eigenvalue weighted by Crippen LogP contribution is 2.41. The Morgan fingerprint density at radius 3 is 1.67 bits per heavy atom. The lowest BCUT2D eigenvalue weighted by Crippen LogP contribution is -2.09. The quantitative estimate of drug-likeness (QED) is 0.187. The summed E-state index contributed by atoms with van der Waals surface area (Å²) in [6, 6.07) is 60.8. The van der Waals surface area contributed by atoms with Crippen LogP contribution in [-0.2, 0) is 0 Å². The van der Waals surface area contributed by atoms with Crippen LogP contribution in [0.2, 0.25) is 0 Å². The first kappa shape index (κ1) is 27.8. The van der Waals surface area contributed by atoms with Crippen LogP contribution in [0, 0.1) is 0 Å². The first-order chi connectivity index (χ1) is 23.8. The van der Waals surface area contributed by atoms with E-state index in [9.17, 15) is 0 Å². The number of benzene rings is 7. The Morgan fingerprint density at radius 2 is 0.938 bits per heavy atom. The SMILES string of the molecule is c1ccc(-c2cccc(N(c3ccccc3)c3ccc4oc5cc(-c6nc7ccccc7nc6-c6ccccc6)ccc5c4c3)c2)cc1. The van der Waals surface area contributed by atoms with Gasteiger partial charge in [0, 0.05) is 39.0 Å². The van der Waals surface area contributed by atoms with Gasteiger partial charge in [-0.25, -0.2) is 9.97 Å². The summed E-state index contributed by atoms with van der Waals surface area (Å²) in [5, 5.41) is 2.11. The molecule has 48 heavy (non-hydrogen) atoms. The van der Waals surface area contributed by atoms with Gasteiger partial charge in [-0.1, -0.05) is 109 Å². The molecule has 2 aromatic heterocycles. The monoisotopic (exact) mass is 615 g/mol. The van der Waals surface area contributed by atoms with E-state index in [4.69, 9.17) is 14.4 Å². The molecule has 2 heterocycles. The van der Waals surface area contributed by atoms with Crippen molar-refractivity contribution in [2.24, 2.45) is 0 Å².